The molecule has 1 saturated heterocycles. The summed E-state index contributed by atoms with van der Waals surface area (Å²) < 4.78 is 0. The predicted octanol–water partition coefficient (Wildman–Crippen LogP) is 6.35. The maximum absolute atomic E-state index is 12.4. The molecule has 1 unspecified atom stereocenters. The van der Waals surface area contributed by atoms with E-state index in [1.807, 2.05) is 23.9 Å². The van der Waals surface area contributed by atoms with Gasteiger partial charge in [-0.1, -0.05) is 48.9 Å². The molecule has 0 radical (unpaired) electrons. The van der Waals surface area contributed by atoms with Gasteiger partial charge < -0.3 is 9.80 Å². The number of carbonyl (C=O) groups excluding carboxylic acids is 1. The minimum absolute atomic E-state index is 0.294. The van der Waals surface area contributed by atoms with E-state index < -0.39 is 0 Å². The van der Waals surface area contributed by atoms with Crippen molar-refractivity contribution in [1.82, 2.24) is 4.90 Å². The molecule has 1 atom stereocenters. The molecule has 0 saturated carbocycles. The molecule has 0 aliphatic carbocycles. The maximum Gasteiger partial charge on any atom is 0.232 e. The number of thioether (sulfide) groups is 2. The Hall–Kier alpha value is -1.56. The Morgan fingerprint density at radius 3 is 2.60 bits per heavy atom. The number of hydrogen-bond donors (Lipinski definition) is 0. The van der Waals surface area contributed by atoms with E-state index in [9.17, 15) is 4.79 Å². The smallest absolute Gasteiger partial charge is 0.232 e. The molecule has 158 valence electrons. The molecule has 2 aliphatic heterocycles. The molecule has 2 aliphatic rings. The van der Waals surface area contributed by atoms with Crippen LogP contribution >= 0.6 is 35.1 Å². The molecular weight excluding hydrogens is 432 g/mol. The fourth-order valence-corrected chi connectivity index (χ4v) is 6.03. The number of halogens is 1. The zero-order valence-electron chi connectivity index (χ0n) is 17.2. The van der Waals surface area contributed by atoms with Crippen molar-refractivity contribution >= 4 is 46.7 Å². The van der Waals surface area contributed by atoms with Crippen molar-refractivity contribution in [3.8, 4) is 11.1 Å². The third kappa shape index (κ3) is 4.84. The summed E-state index contributed by atoms with van der Waals surface area (Å²) in [5.41, 5.74) is 3.62. The minimum Gasteiger partial charge on any atom is -0.342 e. The molecule has 6 heteroatoms. The molecule has 2 heterocycles. The van der Waals surface area contributed by atoms with Gasteiger partial charge in [-0.3, -0.25) is 4.79 Å². The van der Waals surface area contributed by atoms with Gasteiger partial charge in [0.1, 0.15) is 0 Å². The zero-order chi connectivity index (χ0) is 20.9. The first-order valence-electron chi connectivity index (χ1n) is 10.5. The molecule has 0 aromatic heterocycles. The lowest BCUT2D eigenvalue weighted by Crippen LogP contribution is -2.44. The first-order valence-corrected chi connectivity index (χ1v) is 13.0. The molecule has 4 rings (SSSR count). The Kier molecular flexibility index (Phi) is 7.34. The van der Waals surface area contributed by atoms with Crippen LogP contribution in [0.3, 0.4) is 0 Å². The summed E-state index contributed by atoms with van der Waals surface area (Å²) >= 11 is 9.71. The van der Waals surface area contributed by atoms with Crippen molar-refractivity contribution in [1.29, 1.82) is 0 Å². The van der Waals surface area contributed by atoms with Gasteiger partial charge in [-0.25, -0.2) is 0 Å². The predicted molar refractivity (Wildman–Crippen MR) is 132 cm³/mol. The largest absolute Gasteiger partial charge is 0.342 e. The molecular formula is C24H27ClN2OS2. The molecule has 1 amide bonds. The van der Waals surface area contributed by atoms with E-state index in [0.29, 0.717) is 23.0 Å². The number of para-hydroxylation sites is 1. The summed E-state index contributed by atoms with van der Waals surface area (Å²) in [5.74, 6) is 2.46. The molecule has 0 spiro atoms. The van der Waals surface area contributed by atoms with Crippen LogP contribution in [0.2, 0.25) is 5.02 Å². The Bertz CT molecular complexity index is 894. The highest BCUT2D eigenvalue weighted by atomic mass is 35.5. The second kappa shape index (κ2) is 10.2. The number of hydrogen-bond acceptors (Lipinski definition) is 4. The summed E-state index contributed by atoms with van der Waals surface area (Å²) in [6, 6.07) is 16.6. The summed E-state index contributed by atoms with van der Waals surface area (Å²) in [7, 11) is 0. The SMILES string of the molecule is CCSCC(=O)N1CCC(C2SC=CN2c2ccccc2-c2ccc(Cl)cc2)CC1. The number of piperidine rings is 1. The lowest BCUT2D eigenvalue weighted by atomic mass is 9.95. The zero-order valence-corrected chi connectivity index (χ0v) is 19.6. The Morgan fingerprint density at radius 1 is 1.13 bits per heavy atom. The van der Waals surface area contributed by atoms with Gasteiger partial charge in [-0.2, -0.15) is 11.8 Å². The van der Waals surface area contributed by atoms with E-state index in [1.54, 1.807) is 11.8 Å². The summed E-state index contributed by atoms with van der Waals surface area (Å²) in [4.78, 5) is 16.8. The number of carbonyl (C=O) groups is 1. The topological polar surface area (TPSA) is 23.6 Å². The number of amides is 1. The average molecular weight is 459 g/mol. The van der Waals surface area contributed by atoms with Gasteiger partial charge in [0.15, 0.2) is 0 Å². The van der Waals surface area contributed by atoms with Gasteiger partial charge in [0.25, 0.3) is 0 Å². The van der Waals surface area contributed by atoms with Crippen LogP contribution in [0.1, 0.15) is 19.8 Å². The first-order chi connectivity index (χ1) is 14.7. The van der Waals surface area contributed by atoms with Crippen molar-refractivity contribution in [2.75, 3.05) is 29.5 Å². The molecule has 2 aromatic carbocycles. The normalized spacial score (nSPS) is 19.5. The van der Waals surface area contributed by atoms with Crippen molar-refractivity contribution in [2.24, 2.45) is 5.92 Å². The number of likely N-dealkylation sites (tertiary alicyclic amines) is 1. The first kappa shape index (κ1) is 21.7. The third-order valence-electron chi connectivity index (χ3n) is 5.78. The van der Waals surface area contributed by atoms with E-state index in [-0.39, 0.29) is 0 Å². The number of rotatable bonds is 6. The molecule has 30 heavy (non-hydrogen) atoms. The van der Waals surface area contributed by atoms with Crippen LogP contribution < -0.4 is 4.90 Å². The summed E-state index contributed by atoms with van der Waals surface area (Å²) in [6.45, 7) is 3.85. The lowest BCUT2D eigenvalue weighted by Gasteiger charge is -2.38. The van der Waals surface area contributed by atoms with Crippen LogP contribution in [0.25, 0.3) is 11.1 Å². The van der Waals surface area contributed by atoms with Crippen LogP contribution in [0.15, 0.2) is 60.1 Å². The van der Waals surface area contributed by atoms with Crippen molar-refractivity contribution in [2.45, 2.75) is 25.1 Å². The van der Waals surface area contributed by atoms with E-state index >= 15 is 0 Å². The average Bonchev–Trinajstić information content (AvgIpc) is 3.28. The van der Waals surface area contributed by atoms with E-state index in [1.165, 1.54) is 16.8 Å². The monoisotopic (exact) mass is 458 g/mol. The number of benzene rings is 2. The molecule has 0 N–H and O–H groups in total. The second-order valence-corrected chi connectivity index (χ2v) is 10.3. The van der Waals surface area contributed by atoms with Crippen LogP contribution in [0.5, 0.6) is 0 Å². The van der Waals surface area contributed by atoms with E-state index in [4.69, 9.17) is 11.6 Å². The molecule has 2 aromatic rings. The second-order valence-electron chi connectivity index (χ2n) is 7.60. The quantitative estimate of drug-likeness (QED) is 0.503. The fraction of sp³-hybridized carbons (Fsp3) is 0.375. The van der Waals surface area contributed by atoms with Gasteiger partial charge in [0.2, 0.25) is 5.91 Å². The Labute approximate surface area is 192 Å². The van der Waals surface area contributed by atoms with Crippen LogP contribution in [-0.2, 0) is 4.79 Å². The van der Waals surface area contributed by atoms with Gasteiger partial charge in [-0.05, 0) is 53.7 Å². The summed E-state index contributed by atoms with van der Waals surface area (Å²) in [5, 5.41) is 3.34. The van der Waals surface area contributed by atoms with Crippen molar-refractivity contribution in [3.05, 3.63) is 65.2 Å². The van der Waals surface area contributed by atoms with Gasteiger partial charge in [-0.15, -0.1) is 11.8 Å². The van der Waals surface area contributed by atoms with Gasteiger partial charge in [0, 0.05) is 35.6 Å². The highest BCUT2D eigenvalue weighted by molar-refractivity contribution is 8.03. The van der Waals surface area contributed by atoms with Gasteiger partial charge in [0.05, 0.1) is 11.1 Å². The van der Waals surface area contributed by atoms with Crippen LogP contribution in [0, 0.1) is 5.92 Å². The number of anilines is 1. The molecule has 3 nitrogen and oxygen atoms in total. The maximum atomic E-state index is 12.4. The lowest BCUT2D eigenvalue weighted by molar-refractivity contribution is -0.129. The van der Waals surface area contributed by atoms with Crippen LogP contribution in [-0.4, -0.2) is 40.8 Å². The standard InChI is InChI=1S/C24H27ClN2OS2/c1-2-29-17-23(28)26-13-11-19(12-14-26)24-27(15-16-30-24)22-6-4-3-5-21(22)18-7-9-20(25)10-8-18/h3-10,15-16,19,24H,2,11-14,17H2,1H3. The highest BCUT2D eigenvalue weighted by Gasteiger charge is 2.34. The van der Waals surface area contributed by atoms with E-state index in [0.717, 1.165) is 36.7 Å². The van der Waals surface area contributed by atoms with Crippen molar-refractivity contribution in [3.63, 3.8) is 0 Å². The van der Waals surface area contributed by atoms with E-state index in [2.05, 4.69) is 64.7 Å². The summed E-state index contributed by atoms with van der Waals surface area (Å²) in [6.07, 6.45) is 4.32. The Balaban J connectivity index is 1.48. The molecule has 1 fully saturated rings. The molecule has 0 bridgehead atoms. The third-order valence-corrected chi connectivity index (χ3v) is 8.06. The number of nitrogens with zero attached hydrogens (tertiary/aromatic N) is 2. The van der Waals surface area contributed by atoms with Crippen molar-refractivity contribution < 1.29 is 4.79 Å². The Morgan fingerprint density at radius 2 is 1.87 bits per heavy atom. The fourth-order valence-electron chi connectivity index (χ4n) is 4.17. The van der Waals surface area contributed by atoms with Crippen LogP contribution in [0.4, 0.5) is 5.69 Å². The highest BCUT2D eigenvalue weighted by Crippen LogP contribution is 2.42. The van der Waals surface area contributed by atoms with Gasteiger partial charge >= 0.3 is 0 Å². The minimum atomic E-state index is 0.294.